The smallest absolute Gasteiger partial charge is 0.220 e. The normalized spacial score (nSPS) is 16.9. The summed E-state index contributed by atoms with van der Waals surface area (Å²) in [4.78, 5) is 19.4. The highest BCUT2D eigenvalue weighted by Gasteiger charge is 2.22. The zero-order chi connectivity index (χ0) is 19.9. The zero-order valence-electron chi connectivity index (χ0n) is 17.4. The Labute approximate surface area is 169 Å². The largest absolute Gasteiger partial charge is 0.350 e. The highest BCUT2D eigenvalue weighted by molar-refractivity contribution is 5.76. The van der Waals surface area contributed by atoms with Gasteiger partial charge in [-0.25, -0.2) is 0 Å². The standard InChI is InChI=1S/C24H33N3O/c1-18(2)21-7-9-22(10-8-21)19(3)26-24(28)16-20-11-14-27(15-12-20)17-23-6-4-5-13-25-23/h4-10,13,18-20H,11-12,14-17H2,1-3H3,(H,26,28)/t19-/m0/s1. The molecule has 0 saturated carbocycles. The number of likely N-dealkylation sites (tertiary alicyclic amines) is 1. The summed E-state index contributed by atoms with van der Waals surface area (Å²) in [6.45, 7) is 9.45. The lowest BCUT2D eigenvalue weighted by atomic mass is 9.92. The number of carbonyl (C=O) groups excluding carboxylic acids is 1. The first-order chi connectivity index (χ1) is 13.5. The first-order valence-electron chi connectivity index (χ1n) is 10.5. The molecule has 150 valence electrons. The van der Waals surface area contributed by atoms with Crippen molar-refractivity contribution < 1.29 is 4.79 Å². The number of hydrogen-bond donors (Lipinski definition) is 1. The van der Waals surface area contributed by atoms with Crippen LogP contribution < -0.4 is 5.32 Å². The van der Waals surface area contributed by atoms with Crippen molar-refractivity contribution in [1.82, 2.24) is 15.2 Å². The van der Waals surface area contributed by atoms with E-state index in [1.54, 1.807) is 0 Å². The molecule has 2 aromatic rings. The van der Waals surface area contributed by atoms with E-state index in [0.717, 1.165) is 38.2 Å². The van der Waals surface area contributed by atoms with Crippen molar-refractivity contribution in [1.29, 1.82) is 0 Å². The Morgan fingerprint density at radius 1 is 1.07 bits per heavy atom. The van der Waals surface area contributed by atoms with E-state index in [2.05, 4.69) is 66.3 Å². The van der Waals surface area contributed by atoms with Crippen LogP contribution in [0.25, 0.3) is 0 Å². The molecule has 1 aromatic carbocycles. The van der Waals surface area contributed by atoms with E-state index >= 15 is 0 Å². The maximum absolute atomic E-state index is 12.5. The van der Waals surface area contributed by atoms with Crippen molar-refractivity contribution in [2.45, 2.75) is 58.5 Å². The fraction of sp³-hybridized carbons (Fsp3) is 0.500. The van der Waals surface area contributed by atoms with E-state index < -0.39 is 0 Å². The molecule has 4 nitrogen and oxygen atoms in total. The lowest BCUT2D eigenvalue weighted by Gasteiger charge is -2.31. The Hall–Kier alpha value is -2.20. The molecule has 1 aliphatic heterocycles. The number of hydrogen-bond acceptors (Lipinski definition) is 3. The highest BCUT2D eigenvalue weighted by Crippen LogP contribution is 2.23. The number of carbonyl (C=O) groups is 1. The van der Waals surface area contributed by atoms with Crippen LogP contribution in [0.5, 0.6) is 0 Å². The van der Waals surface area contributed by atoms with Crippen molar-refractivity contribution in [3.8, 4) is 0 Å². The van der Waals surface area contributed by atoms with Crippen molar-refractivity contribution in [2.24, 2.45) is 5.92 Å². The molecule has 1 aliphatic rings. The number of benzene rings is 1. The number of nitrogens with zero attached hydrogens (tertiary/aromatic N) is 2. The molecule has 0 spiro atoms. The van der Waals surface area contributed by atoms with Crippen LogP contribution in [0.3, 0.4) is 0 Å². The van der Waals surface area contributed by atoms with Crippen LogP contribution in [0, 0.1) is 5.92 Å². The predicted octanol–water partition coefficient (Wildman–Crippen LogP) is 4.68. The van der Waals surface area contributed by atoms with E-state index in [1.165, 1.54) is 11.1 Å². The summed E-state index contributed by atoms with van der Waals surface area (Å²) in [7, 11) is 0. The van der Waals surface area contributed by atoms with Crippen molar-refractivity contribution in [3.05, 3.63) is 65.5 Å². The van der Waals surface area contributed by atoms with Crippen molar-refractivity contribution in [3.63, 3.8) is 0 Å². The van der Waals surface area contributed by atoms with Gasteiger partial charge in [0.15, 0.2) is 0 Å². The molecule has 1 aromatic heterocycles. The van der Waals surface area contributed by atoms with Gasteiger partial charge in [0.1, 0.15) is 0 Å². The number of aromatic nitrogens is 1. The second-order valence-corrected chi connectivity index (χ2v) is 8.36. The predicted molar refractivity (Wildman–Crippen MR) is 114 cm³/mol. The van der Waals surface area contributed by atoms with Gasteiger partial charge >= 0.3 is 0 Å². The van der Waals surface area contributed by atoms with Gasteiger partial charge in [-0.3, -0.25) is 14.7 Å². The van der Waals surface area contributed by atoms with E-state index in [4.69, 9.17) is 0 Å². The number of piperidine rings is 1. The summed E-state index contributed by atoms with van der Waals surface area (Å²) in [6.07, 6.45) is 4.64. The second kappa shape index (κ2) is 9.83. The van der Waals surface area contributed by atoms with Crippen molar-refractivity contribution in [2.75, 3.05) is 13.1 Å². The Kier molecular flexibility index (Phi) is 7.21. The number of nitrogens with one attached hydrogen (secondary N) is 1. The number of rotatable bonds is 7. The Morgan fingerprint density at radius 2 is 1.75 bits per heavy atom. The van der Waals surface area contributed by atoms with Crippen LogP contribution >= 0.6 is 0 Å². The average Bonchev–Trinajstić information content (AvgIpc) is 2.70. The first kappa shape index (κ1) is 20.5. The van der Waals surface area contributed by atoms with Crippen molar-refractivity contribution >= 4 is 5.91 Å². The highest BCUT2D eigenvalue weighted by atomic mass is 16.1. The summed E-state index contributed by atoms with van der Waals surface area (Å²) in [5.74, 6) is 1.18. The molecule has 2 heterocycles. The van der Waals surface area contributed by atoms with Crippen LogP contribution in [0.15, 0.2) is 48.7 Å². The van der Waals surface area contributed by atoms with Gasteiger partial charge in [-0.1, -0.05) is 44.2 Å². The molecule has 0 unspecified atom stereocenters. The van der Waals surface area contributed by atoms with Gasteiger partial charge in [-0.15, -0.1) is 0 Å². The van der Waals surface area contributed by atoms with Gasteiger partial charge in [0.2, 0.25) is 5.91 Å². The van der Waals surface area contributed by atoms with Gasteiger partial charge in [-0.2, -0.15) is 0 Å². The lowest BCUT2D eigenvalue weighted by molar-refractivity contribution is -0.123. The van der Waals surface area contributed by atoms with Gasteiger partial charge in [0, 0.05) is 19.2 Å². The fourth-order valence-corrected chi connectivity index (χ4v) is 3.88. The quantitative estimate of drug-likeness (QED) is 0.759. The van der Waals surface area contributed by atoms with Gasteiger partial charge in [0.25, 0.3) is 0 Å². The monoisotopic (exact) mass is 379 g/mol. The lowest BCUT2D eigenvalue weighted by Crippen LogP contribution is -2.36. The molecular formula is C24H33N3O. The summed E-state index contributed by atoms with van der Waals surface area (Å²) >= 11 is 0. The minimum atomic E-state index is 0.0537. The molecule has 0 aliphatic carbocycles. The molecule has 0 radical (unpaired) electrons. The van der Waals surface area contributed by atoms with Crippen LogP contribution in [-0.2, 0) is 11.3 Å². The maximum atomic E-state index is 12.5. The first-order valence-corrected chi connectivity index (χ1v) is 10.5. The molecule has 3 rings (SSSR count). The topological polar surface area (TPSA) is 45.2 Å². The van der Waals surface area contributed by atoms with Crippen LogP contribution in [0.2, 0.25) is 0 Å². The Morgan fingerprint density at radius 3 is 2.36 bits per heavy atom. The van der Waals surface area contributed by atoms with E-state index in [1.807, 2.05) is 18.3 Å². The number of amides is 1. The molecule has 1 amide bonds. The van der Waals surface area contributed by atoms with E-state index in [0.29, 0.717) is 18.3 Å². The third-order valence-electron chi connectivity index (χ3n) is 5.77. The number of pyridine rings is 1. The maximum Gasteiger partial charge on any atom is 0.220 e. The minimum absolute atomic E-state index is 0.0537. The summed E-state index contributed by atoms with van der Waals surface area (Å²) < 4.78 is 0. The second-order valence-electron chi connectivity index (χ2n) is 8.36. The van der Waals surface area contributed by atoms with Gasteiger partial charge < -0.3 is 5.32 Å². The van der Waals surface area contributed by atoms with Crippen LogP contribution in [-0.4, -0.2) is 28.9 Å². The van der Waals surface area contributed by atoms with Crippen LogP contribution in [0.4, 0.5) is 0 Å². The minimum Gasteiger partial charge on any atom is -0.350 e. The molecule has 4 heteroatoms. The molecule has 0 bridgehead atoms. The third-order valence-corrected chi connectivity index (χ3v) is 5.77. The Bertz CT molecular complexity index is 734. The molecule has 1 atom stereocenters. The van der Waals surface area contributed by atoms with Gasteiger partial charge in [-0.05, 0) is 68.0 Å². The molecule has 1 saturated heterocycles. The average molecular weight is 380 g/mol. The molecular weight excluding hydrogens is 346 g/mol. The summed E-state index contributed by atoms with van der Waals surface area (Å²) in [5.41, 5.74) is 3.62. The zero-order valence-corrected chi connectivity index (χ0v) is 17.4. The third kappa shape index (κ3) is 5.90. The molecule has 1 fully saturated rings. The van der Waals surface area contributed by atoms with E-state index in [-0.39, 0.29) is 11.9 Å². The fourth-order valence-electron chi connectivity index (χ4n) is 3.88. The SMILES string of the molecule is CC(C)c1ccc([C@H](C)NC(=O)CC2CCN(Cc3ccccn3)CC2)cc1. The summed E-state index contributed by atoms with van der Waals surface area (Å²) in [5, 5.41) is 3.18. The summed E-state index contributed by atoms with van der Waals surface area (Å²) in [6, 6.07) is 14.7. The molecule has 28 heavy (non-hydrogen) atoms. The van der Waals surface area contributed by atoms with Gasteiger partial charge in [0.05, 0.1) is 11.7 Å². The molecule has 1 N–H and O–H groups in total. The van der Waals surface area contributed by atoms with Crippen LogP contribution in [0.1, 0.15) is 68.8 Å². The van der Waals surface area contributed by atoms with E-state index in [9.17, 15) is 4.79 Å². The Balaban J connectivity index is 1.41.